The highest BCUT2D eigenvalue weighted by molar-refractivity contribution is 9.10. The molecule has 0 heterocycles. The molecular formula is C12H16BrN3O2S. The molecular weight excluding hydrogens is 330 g/mol. The van der Waals surface area contributed by atoms with Gasteiger partial charge in [-0.25, -0.2) is 0 Å². The molecule has 19 heavy (non-hydrogen) atoms. The van der Waals surface area contributed by atoms with Crippen LogP contribution in [-0.4, -0.2) is 23.7 Å². The molecule has 0 spiro atoms. The van der Waals surface area contributed by atoms with Crippen LogP contribution in [0.4, 0.5) is 0 Å². The smallest absolute Gasteiger partial charge is 0.276 e. The van der Waals surface area contributed by atoms with E-state index in [4.69, 9.17) is 17.0 Å². The third-order valence-corrected chi connectivity index (χ3v) is 2.67. The Bertz CT molecular complexity index is 437. The zero-order valence-corrected chi connectivity index (χ0v) is 13.1. The van der Waals surface area contributed by atoms with Crippen molar-refractivity contribution in [2.45, 2.75) is 19.9 Å². The molecule has 5 nitrogen and oxygen atoms in total. The van der Waals surface area contributed by atoms with E-state index in [0.717, 1.165) is 4.47 Å². The predicted octanol–water partition coefficient (Wildman–Crippen LogP) is 1.73. The van der Waals surface area contributed by atoms with Crippen LogP contribution in [0, 0.1) is 0 Å². The first-order valence-electron chi connectivity index (χ1n) is 5.71. The molecule has 1 amide bonds. The lowest BCUT2D eigenvalue weighted by Crippen LogP contribution is -2.49. The Hall–Kier alpha value is -1.34. The molecule has 7 heteroatoms. The van der Waals surface area contributed by atoms with Crippen LogP contribution in [0.1, 0.15) is 13.8 Å². The Balaban J connectivity index is 2.24. The molecule has 0 aliphatic heterocycles. The van der Waals surface area contributed by atoms with E-state index < -0.39 is 0 Å². The summed E-state index contributed by atoms with van der Waals surface area (Å²) in [4.78, 5) is 11.5. The monoisotopic (exact) mass is 345 g/mol. The molecule has 0 fully saturated rings. The minimum absolute atomic E-state index is 0.0844. The van der Waals surface area contributed by atoms with Crippen molar-refractivity contribution in [3.8, 4) is 5.75 Å². The van der Waals surface area contributed by atoms with Crippen molar-refractivity contribution < 1.29 is 9.53 Å². The Morgan fingerprint density at radius 3 is 2.53 bits per heavy atom. The number of hydrogen-bond donors (Lipinski definition) is 3. The number of amides is 1. The van der Waals surface area contributed by atoms with Crippen molar-refractivity contribution in [3.63, 3.8) is 0 Å². The first-order valence-corrected chi connectivity index (χ1v) is 6.91. The van der Waals surface area contributed by atoms with Gasteiger partial charge in [0.15, 0.2) is 11.7 Å². The summed E-state index contributed by atoms with van der Waals surface area (Å²) in [6, 6.07) is 7.43. The normalized spacial score (nSPS) is 9.89. The summed E-state index contributed by atoms with van der Waals surface area (Å²) in [5, 5.41) is 3.31. The number of benzene rings is 1. The number of hydrazine groups is 1. The minimum Gasteiger partial charge on any atom is -0.484 e. The number of nitrogens with one attached hydrogen (secondary N) is 3. The van der Waals surface area contributed by atoms with Crippen LogP contribution in [0.5, 0.6) is 5.75 Å². The molecule has 0 radical (unpaired) electrons. The summed E-state index contributed by atoms with van der Waals surface area (Å²) in [5.41, 5.74) is 5.03. The van der Waals surface area contributed by atoms with Gasteiger partial charge in [0.2, 0.25) is 0 Å². The highest BCUT2D eigenvalue weighted by Gasteiger charge is 2.04. The second kappa shape index (κ2) is 7.96. The number of ether oxygens (including phenoxy) is 1. The zero-order valence-electron chi connectivity index (χ0n) is 10.7. The molecule has 0 aliphatic rings. The summed E-state index contributed by atoms with van der Waals surface area (Å²) >= 11 is 8.28. The number of carbonyl (C=O) groups is 1. The molecule has 1 aromatic carbocycles. The molecule has 0 atom stereocenters. The Kier molecular flexibility index (Phi) is 6.58. The molecule has 1 aromatic rings. The van der Waals surface area contributed by atoms with Crippen molar-refractivity contribution >= 4 is 39.2 Å². The van der Waals surface area contributed by atoms with Crippen molar-refractivity contribution in [1.29, 1.82) is 0 Å². The van der Waals surface area contributed by atoms with E-state index >= 15 is 0 Å². The first-order chi connectivity index (χ1) is 8.97. The van der Waals surface area contributed by atoms with Crippen LogP contribution >= 0.6 is 28.1 Å². The Morgan fingerprint density at radius 1 is 1.32 bits per heavy atom. The summed E-state index contributed by atoms with van der Waals surface area (Å²) < 4.78 is 6.25. The van der Waals surface area contributed by atoms with E-state index in [-0.39, 0.29) is 18.6 Å². The van der Waals surface area contributed by atoms with E-state index in [1.165, 1.54) is 0 Å². The Morgan fingerprint density at radius 2 is 1.95 bits per heavy atom. The maximum absolute atomic E-state index is 11.5. The lowest BCUT2D eigenvalue weighted by molar-refractivity contribution is -0.123. The first kappa shape index (κ1) is 15.7. The van der Waals surface area contributed by atoms with Crippen molar-refractivity contribution in [2.75, 3.05) is 6.61 Å². The van der Waals surface area contributed by atoms with E-state index in [1.54, 1.807) is 12.1 Å². The van der Waals surface area contributed by atoms with E-state index in [2.05, 4.69) is 32.1 Å². The third-order valence-electron chi connectivity index (χ3n) is 1.92. The average Bonchev–Trinajstić information content (AvgIpc) is 2.35. The molecule has 0 aliphatic carbocycles. The average molecular weight is 346 g/mol. The standard InChI is InChI=1S/C12H16BrN3O2S/c1-8(2)14-12(19)16-15-11(17)7-18-10-5-3-9(13)4-6-10/h3-6,8H,7H2,1-2H3,(H,15,17)(H2,14,16,19). The van der Waals surface area contributed by atoms with Crippen LogP contribution in [0.3, 0.4) is 0 Å². The minimum atomic E-state index is -0.309. The fourth-order valence-electron chi connectivity index (χ4n) is 1.14. The van der Waals surface area contributed by atoms with Gasteiger partial charge in [-0.1, -0.05) is 15.9 Å². The van der Waals surface area contributed by atoms with Gasteiger partial charge in [-0.05, 0) is 50.3 Å². The number of rotatable bonds is 4. The van der Waals surface area contributed by atoms with Gasteiger partial charge in [-0.15, -0.1) is 0 Å². The molecule has 104 valence electrons. The molecule has 0 saturated heterocycles. The third kappa shape index (κ3) is 6.97. The van der Waals surface area contributed by atoms with Crippen molar-refractivity contribution in [1.82, 2.24) is 16.2 Å². The van der Waals surface area contributed by atoms with E-state index in [9.17, 15) is 4.79 Å². The largest absolute Gasteiger partial charge is 0.484 e. The summed E-state index contributed by atoms with van der Waals surface area (Å²) in [6.07, 6.45) is 0. The molecule has 0 saturated carbocycles. The summed E-state index contributed by atoms with van der Waals surface area (Å²) in [6.45, 7) is 3.82. The highest BCUT2D eigenvalue weighted by atomic mass is 79.9. The van der Waals surface area contributed by atoms with Gasteiger partial charge < -0.3 is 10.1 Å². The molecule has 0 unspecified atom stereocenters. The van der Waals surface area contributed by atoms with Gasteiger partial charge in [0.25, 0.3) is 5.91 Å². The van der Waals surface area contributed by atoms with E-state index in [1.807, 2.05) is 26.0 Å². The van der Waals surface area contributed by atoms with Crippen LogP contribution in [0.2, 0.25) is 0 Å². The number of thiocarbonyl (C=S) groups is 1. The topological polar surface area (TPSA) is 62.4 Å². The predicted molar refractivity (Wildman–Crippen MR) is 81.8 cm³/mol. The molecule has 0 aromatic heterocycles. The van der Waals surface area contributed by atoms with Crippen LogP contribution in [0.15, 0.2) is 28.7 Å². The highest BCUT2D eigenvalue weighted by Crippen LogP contribution is 2.15. The van der Waals surface area contributed by atoms with Crippen LogP contribution < -0.4 is 20.9 Å². The SMILES string of the molecule is CC(C)NC(=S)NNC(=O)COc1ccc(Br)cc1. The molecule has 1 rings (SSSR count). The number of hydrogen-bond acceptors (Lipinski definition) is 3. The maximum Gasteiger partial charge on any atom is 0.276 e. The second-order valence-electron chi connectivity index (χ2n) is 4.04. The lowest BCUT2D eigenvalue weighted by atomic mass is 10.3. The summed E-state index contributed by atoms with van der Waals surface area (Å²) in [7, 11) is 0. The second-order valence-corrected chi connectivity index (χ2v) is 5.37. The van der Waals surface area contributed by atoms with Gasteiger partial charge in [0.1, 0.15) is 5.75 Å². The zero-order chi connectivity index (χ0) is 14.3. The van der Waals surface area contributed by atoms with Crippen LogP contribution in [-0.2, 0) is 4.79 Å². The Labute approximate surface area is 126 Å². The number of halogens is 1. The van der Waals surface area contributed by atoms with Gasteiger partial charge >= 0.3 is 0 Å². The lowest BCUT2D eigenvalue weighted by Gasteiger charge is -2.14. The van der Waals surface area contributed by atoms with Crippen molar-refractivity contribution in [3.05, 3.63) is 28.7 Å². The summed E-state index contributed by atoms with van der Waals surface area (Å²) in [5.74, 6) is 0.317. The molecule has 3 N–H and O–H groups in total. The fraction of sp³-hybridized carbons (Fsp3) is 0.333. The molecule has 0 bridgehead atoms. The van der Waals surface area contributed by atoms with Gasteiger partial charge in [-0.3, -0.25) is 15.6 Å². The quantitative estimate of drug-likeness (QED) is 0.573. The van der Waals surface area contributed by atoms with Gasteiger partial charge in [0, 0.05) is 10.5 Å². The van der Waals surface area contributed by atoms with Crippen LogP contribution in [0.25, 0.3) is 0 Å². The van der Waals surface area contributed by atoms with E-state index in [0.29, 0.717) is 10.9 Å². The van der Waals surface area contributed by atoms with Gasteiger partial charge in [0.05, 0.1) is 0 Å². The fourth-order valence-corrected chi connectivity index (χ4v) is 1.69. The van der Waals surface area contributed by atoms with Gasteiger partial charge in [-0.2, -0.15) is 0 Å². The number of carbonyl (C=O) groups excluding carboxylic acids is 1. The van der Waals surface area contributed by atoms with Crippen molar-refractivity contribution in [2.24, 2.45) is 0 Å². The maximum atomic E-state index is 11.5.